The van der Waals surface area contributed by atoms with Crippen molar-refractivity contribution in [2.24, 2.45) is 0 Å². The number of nitrogens with one attached hydrogen (secondary N) is 1. The number of fused-ring (bicyclic) bond motifs is 1. The summed E-state index contributed by atoms with van der Waals surface area (Å²) in [6.45, 7) is 2.84. The van der Waals surface area contributed by atoms with Gasteiger partial charge in [0.05, 0.1) is 12.6 Å². The zero-order chi connectivity index (χ0) is 14.1. The Kier molecular flexibility index (Phi) is 3.68. The van der Waals surface area contributed by atoms with Crippen LogP contribution in [0.25, 0.3) is 0 Å². The molecule has 1 aliphatic rings. The number of ether oxygens (including phenoxy) is 1. The van der Waals surface area contributed by atoms with Crippen LogP contribution in [0.2, 0.25) is 5.02 Å². The minimum absolute atomic E-state index is 0.0976. The molecule has 0 bridgehead atoms. The van der Waals surface area contributed by atoms with Crippen molar-refractivity contribution in [1.29, 1.82) is 0 Å². The van der Waals surface area contributed by atoms with E-state index in [0.717, 1.165) is 23.8 Å². The van der Waals surface area contributed by atoms with Crippen LogP contribution in [0.5, 0.6) is 5.75 Å². The molecule has 20 heavy (non-hydrogen) atoms. The molecular weight excluding hydrogens is 270 g/mol. The third kappa shape index (κ3) is 2.41. The number of rotatable bonds is 3. The Hall–Kier alpha value is -1.51. The Morgan fingerprint density at radius 2 is 2.10 bits per heavy atom. The molecule has 2 nitrogen and oxygen atoms in total. The lowest BCUT2D eigenvalue weighted by Gasteiger charge is -2.20. The summed E-state index contributed by atoms with van der Waals surface area (Å²) in [6, 6.07) is 12.6. The van der Waals surface area contributed by atoms with Gasteiger partial charge >= 0.3 is 0 Å². The summed E-state index contributed by atoms with van der Waals surface area (Å²) in [7, 11) is 1.97. The van der Waals surface area contributed by atoms with Crippen molar-refractivity contribution >= 4 is 11.6 Å². The van der Waals surface area contributed by atoms with Gasteiger partial charge in [0, 0.05) is 17.0 Å². The van der Waals surface area contributed by atoms with E-state index >= 15 is 0 Å². The Labute approximate surface area is 124 Å². The number of halogens is 1. The van der Waals surface area contributed by atoms with Gasteiger partial charge in [-0.05, 0) is 42.8 Å². The van der Waals surface area contributed by atoms with Gasteiger partial charge in [-0.3, -0.25) is 0 Å². The van der Waals surface area contributed by atoms with Crippen molar-refractivity contribution in [1.82, 2.24) is 5.32 Å². The zero-order valence-electron chi connectivity index (χ0n) is 11.7. The molecule has 0 spiro atoms. The molecule has 0 fully saturated rings. The highest BCUT2D eigenvalue weighted by Gasteiger charge is 2.22. The molecule has 0 saturated carbocycles. The molecule has 1 N–H and O–H groups in total. The van der Waals surface area contributed by atoms with Crippen molar-refractivity contribution in [2.45, 2.75) is 19.4 Å². The first kappa shape index (κ1) is 13.5. The van der Waals surface area contributed by atoms with Crippen LogP contribution in [0.4, 0.5) is 0 Å². The van der Waals surface area contributed by atoms with E-state index in [4.69, 9.17) is 16.3 Å². The smallest absolute Gasteiger partial charge is 0.127 e. The van der Waals surface area contributed by atoms with Crippen LogP contribution in [-0.2, 0) is 6.42 Å². The van der Waals surface area contributed by atoms with Crippen LogP contribution in [0.3, 0.4) is 0 Å². The molecule has 3 rings (SSSR count). The highest BCUT2D eigenvalue weighted by Crippen LogP contribution is 2.36. The maximum absolute atomic E-state index is 6.20. The fourth-order valence-electron chi connectivity index (χ4n) is 2.90. The first-order valence-electron chi connectivity index (χ1n) is 6.88. The Bertz CT molecular complexity index is 619. The summed E-state index contributed by atoms with van der Waals surface area (Å²) in [4.78, 5) is 0. The van der Waals surface area contributed by atoms with Crippen LogP contribution in [0, 0.1) is 6.92 Å². The van der Waals surface area contributed by atoms with E-state index in [9.17, 15) is 0 Å². The van der Waals surface area contributed by atoms with E-state index in [2.05, 4.69) is 36.5 Å². The van der Waals surface area contributed by atoms with Gasteiger partial charge in [0.2, 0.25) is 0 Å². The van der Waals surface area contributed by atoms with Gasteiger partial charge < -0.3 is 10.1 Å². The molecule has 0 aliphatic carbocycles. The lowest BCUT2D eigenvalue weighted by Crippen LogP contribution is -2.18. The normalized spacial score (nSPS) is 14.8. The molecule has 0 amide bonds. The highest BCUT2D eigenvalue weighted by molar-refractivity contribution is 6.30. The molecule has 2 aromatic rings. The average Bonchev–Trinajstić information content (AvgIpc) is 2.87. The van der Waals surface area contributed by atoms with Gasteiger partial charge in [0.25, 0.3) is 0 Å². The van der Waals surface area contributed by atoms with E-state index in [0.29, 0.717) is 0 Å². The van der Waals surface area contributed by atoms with Crippen LogP contribution in [0.1, 0.15) is 28.3 Å². The fourth-order valence-corrected chi connectivity index (χ4v) is 3.20. The second-order valence-corrected chi connectivity index (χ2v) is 5.65. The molecule has 104 valence electrons. The van der Waals surface area contributed by atoms with Crippen molar-refractivity contribution in [2.75, 3.05) is 13.7 Å². The summed E-state index contributed by atoms with van der Waals surface area (Å²) < 4.78 is 5.82. The van der Waals surface area contributed by atoms with Gasteiger partial charge in [-0.15, -0.1) is 0 Å². The SMILES string of the molecule is CNC(c1cc(C)cc(Cl)c1)c1cccc2c1OCC2. The van der Waals surface area contributed by atoms with E-state index in [-0.39, 0.29) is 6.04 Å². The maximum Gasteiger partial charge on any atom is 0.127 e. The maximum atomic E-state index is 6.20. The quantitative estimate of drug-likeness (QED) is 0.925. The lowest BCUT2D eigenvalue weighted by atomic mass is 9.95. The molecule has 0 aromatic heterocycles. The number of aryl methyl sites for hydroxylation is 1. The predicted molar refractivity (Wildman–Crippen MR) is 82.7 cm³/mol. The second kappa shape index (κ2) is 5.47. The minimum atomic E-state index is 0.0976. The topological polar surface area (TPSA) is 21.3 Å². The first-order valence-corrected chi connectivity index (χ1v) is 7.26. The third-order valence-electron chi connectivity index (χ3n) is 3.74. The van der Waals surface area contributed by atoms with Crippen molar-refractivity contribution in [3.05, 3.63) is 63.7 Å². The van der Waals surface area contributed by atoms with Crippen molar-refractivity contribution < 1.29 is 4.74 Å². The van der Waals surface area contributed by atoms with Crippen LogP contribution in [0.15, 0.2) is 36.4 Å². The molecule has 2 aromatic carbocycles. The van der Waals surface area contributed by atoms with Gasteiger partial charge in [-0.25, -0.2) is 0 Å². The van der Waals surface area contributed by atoms with Gasteiger partial charge in [-0.1, -0.05) is 35.9 Å². The fraction of sp³-hybridized carbons (Fsp3) is 0.294. The van der Waals surface area contributed by atoms with Crippen LogP contribution >= 0.6 is 11.6 Å². The third-order valence-corrected chi connectivity index (χ3v) is 3.96. The van der Waals surface area contributed by atoms with Crippen LogP contribution < -0.4 is 10.1 Å². The van der Waals surface area contributed by atoms with E-state index in [1.165, 1.54) is 22.3 Å². The predicted octanol–water partition coefficient (Wildman–Crippen LogP) is 3.89. The number of para-hydroxylation sites is 1. The Balaban J connectivity index is 2.08. The first-order chi connectivity index (χ1) is 9.69. The summed E-state index contributed by atoms with van der Waals surface area (Å²) in [6.07, 6.45) is 0.994. The molecule has 1 heterocycles. The van der Waals surface area contributed by atoms with E-state index < -0.39 is 0 Å². The summed E-state index contributed by atoms with van der Waals surface area (Å²) in [5, 5.41) is 4.15. The molecule has 1 unspecified atom stereocenters. The van der Waals surface area contributed by atoms with E-state index in [1.807, 2.05) is 19.2 Å². The Morgan fingerprint density at radius 1 is 1.25 bits per heavy atom. The molecule has 3 heteroatoms. The van der Waals surface area contributed by atoms with E-state index in [1.54, 1.807) is 0 Å². The Morgan fingerprint density at radius 3 is 2.85 bits per heavy atom. The number of hydrogen-bond acceptors (Lipinski definition) is 2. The summed E-state index contributed by atoms with van der Waals surface area (Å²) in [5.41, 5.74) is 4.81. The number of benzene rings is 2. The van der Waals surface area contributed by atoms with Gasteiger partial charge in [0.1, 0.15) is 5.75 Å². The zero-order valence-corrected chi connectivity index (χ0v) is 12.5. The molecule has 1 atom stereocenters. The molecular formula is C17H18ClNO. The largest absolute Gasteiger partial charge is 0.493 e. The second-order valence-electron chi connectivity index (χ2n) is 5.22. The van der Waals surface area contributed by atoms with Crippen molar-refractivity contribution in [3.8, 4) is 5.75 Å². The van der Waals surface area contributed by atoms with Gasteiger partial charge in [0.15, 0.2) is 0 Å². The summed E-state index contributed by atoms with van der Waals surface area (Å²) >= 11 is 6.20. The minimum Gasteiger partial charge on any atom is -0.493 e. The molecule has 0 radical (unpaired) electrons. The van der Waals surface area contributed by atoms with Gasteiger partial charge in [-0.2, -0.15) is 0 Å². The summed E-state index contributed by atoms with van der Waals surface area (Å²) in [5.74, 6) is 1.03. The van der Waals surface area contributed by atoms with Crippen molar-refractivity contribution in [3.63, 3.8) is 0 Å². The number of hydrogen-bond donors (Lipinski definition) is 1. The lowest BCUT2D eigenvalue weighted by molar-refractivity contribution is 0.351. The molecule has 0 saturated heterocycles. The monoisotopic (exact) mass is 287 g/mol. The highest BCUT2D eigenvalue weighted by atomic mass is 35.5. The standard InChI is InChI=1S/C17H18ClNO/c1-11-8-13(10-14(18)9-11)16(19-2)15-5-3-4-12-6-7-20-17(12)15/h3-5,8-10,16,19H,6-7H2,1-2H3. The average molecular weight is 288 g/mol. The van der Waals surface area contributed by atoms with Crippen LogP contribution in [-0.4, -0.2) is 13.7 Å². The molecule has 1 aliphatic heterocycles.